The average Bonchev–Trinajstić information content (AvgIpc) is 2.10. The van der Waals surface area contributed by atoms with Gasteiger partial charge in [0.05, 0.1) is 27.2 Å². The van der Waals surface area contributed by atoms with Gasteiger partial charge in [-0.05, 0) is 6.92 Å². The van der Waals surface area contributed by atoms with Crippen molar-refractivity contribution in [3.05, 3.63) is 12.2 Å². The van der Waals surface area contributed by atoms with E-state index in [4.69, 9.17) is 4.74 Å². The molecule has 0 aromatic heterocycles. The standard InChI is InChI=1S/C9H18NO.HI/c1-8-5-6-9(11-8)7-10(2,3)4;/h5-6,8-9H,7H2,1-4H3;1H/q+1;/p-1/t8-,9+;/m0./s1. The highest BCUT2D eigenvalue weighted by molar-refractivity contribution is 5.00. The van der Waals surface area contributed by atoms with Crippen LogP contribution in [-0.2, 0) is 4.74 Å². The normalized spacial score (nSPS) is 28.7. The molecule has 12 heavy (non-hydrogen) atoms. The van der Waals surface area contributed by atoms with Crippen LogP contribution in [-0.4, -0.2) is 44.4 Å². The van der Waals surface area contributed by atoms with Gasteiger partial charge in [-0.3, -0.25) is 0 Å². The maximum absolute atomic E-state index is 5.61. The molecule has 3 heteroatoms. The molecule has 0 spiro atoms. The Balaban J connectivity index is 0.00000121. The van der Waals surface area contributed by atoms with E-state index in [1.54, 1.807) is 0 Å². The first-order chi connectivity index (χ1) is 4.97. The summed E-state index contributed by atoms with van der Waals surface area (Å²) < 4.78 is 6.57. The fraction of sp³-hybridized carbons (Fsp3) is 0.778. The van der Waals surface area contributed by atoms with Gasteiger partial charge in [-0.15, -0.1) is 0 Å². The van der Waals surface area contributed by atoms with Gasteiger partial charge in [-0.2, -0.15) is 0 Å². The molecule has 1 aliphatic heterocycles. The molecule has 0 unspecified atom stereocenters. The third-order valence-corrected chi connectivity index (χ3v) is 1.71. The molecule has 0 bridgehead atoms. The van der Waals surface area contributed by atoms with Crippen LogP contribution in [0, 0.1) is 0 Å². The molecule has 0 fully saturated rings. The number of hydrogen-bond acceptors (Lipinski definition) is 1. The Hall–Kier alpha value is 0.390. The van der Waals surface area contributed by atoms with Crippen LogP contribution >= 0.6 is 0 Å². The molecule has 0 aromatic carbocycles. The van der Waals surface area contributed by atoms with Crippen LogP contribution in [0.5, 0.6) is 0 Å². The largest absolute Gasteiger partial charge is 1.00 e. The fourth-order valence-corrected chi connectivity index (χ4v) is 1.29. The minimum absolute atomic E-state index is 0. The van der Waals surface area contributed by atoms with Gasteiger partial charge in [-0.1, -0.05) is 12.2 Å². The molecule has 1 heterocycles. The van der Waals surface area contributed by atoms with Crippen molar-refractivity contribution in [2.75, 3.05) is 27.7 Å². The minimum atomic E-state index is 0. The Morgan fingerprint density at radius 1 is 1.25 bits per heavy atom. The lowest BCUT2D eigenvalue weighted by molar-refractivity contribution is -0.872. The summed E-state index contributed by atoms with van der Waals surface area (Å²) in [5.41, 5.74) is 0. The lowest BCUT2D eigenvalue weighted by Gasteiger charge is -2.26. The number of ether oxygens (including phenoxy) is 1. The molecular weight excluding hydrogens is 265 g/mol. The summed E-state index contributed by atoms with van der Waals surface area (Å²) >= 11 is 0. The van der Waals surface area contributed by atoms with Crippen molar-refractivity contribution in [2.24, 2.45) is 0 Å². The van der Waals surface area contributed by atoms with E-state index in [1.807, 2.05) is 0 Å². The number of halogens is 1. The lowest BCUT2D eigenvalue weighted by atomic mass is 10.3. The van der Waals surface area contributed by atoms with Gasteiger partial charge in [0, 0.05) is 0 Å². The molecule has 0 amide bonds. The summed E-state index contributed by atoms with van der Waals surface area (Å²) in [7, 11) is 6.54. The monoisotopic (exact) mass is 283 g/mol. The van der Waals surface area contributed by atoms with Crippen molar-refractivity contribution in [3.63, 3.8) is 0 Å². The predicted molar refractivity (Wildman–Crippen MR) is 46.4 cm³/mol. The summed E-state index contributed by atoms with van der Waals surface area (Å²) in [4.78, 5) is 0. The average molecular weight is 283 g/mol. The summed E-state index contributed by atoms with van der Waals surface area (Å²) in [5, 5.41) is 0. The van der Waals surface area contributed by atoms with Crippen molar-refractivity contribution in [1.82, 2.24) is 0 Å². The van der Waals surface area contributed by atoms with E-state index in [2.05, 4.69) is 40.2 Å². The van der Waals surface area contributed by atoms with Gasteiger partial charge in [0.15, 0.2) is 0 Å². The SMILES string of the molecule is C[C@H]1C=C[C@H](C[N+](C)(C)C)O1.[I-]. The molecule has 1 aliphatic rings. The summed E-state index contributed by atoms with van der Waals surface area (Å²) in [5.74, 6) is 0. The Morgan fingerprint density at radius 2 is 1.83 bits per heavy atom. The van der Waals surface area contributed by atoms with Crippen molar-refractivity contribution in [2.45, 2.75) is 19.1 Å². The third kappa shape index (κ3) is 4.42. The fourth-order valence-electron chi connectivity index (χ4n) is 1.29. The summed E-state index contributed by atoms with van der Waals surface area (Å²) in [6.45, 7) is 3.13. The number of quaternary nitrogens is 1. The van der Waals surface area contributed by atoms with Crippen LogP contribution in [0.2, 0.25) is 0 Å². The maximum atomic E-state index is 5.61. The van der Waals surface area contributed by atoms with Crippen LogP contribution in [0.25, 0.3) is 0 Å². The van der Waals surface area contributed by atoms with E-state index < -0.39 is 0 Å². The van der Waals surface area contributed by atoms with E-state index in [-0.39, 0.29) is 24.0 Å². The Kier molecular flexibility index (Phi) is 4.73. The first-order valence-corrected chi connectivity index (χ1v) is 4.11. The highest BCUT2D eigenvalue weighted by Crippen LogP contribution is 2.12. The van der Waals surface area contributed by atoms with Gasteiger partial charge in [0.1, 0.15) is 12.6 Å². The number of hydrogen-bond donors (Lipinski definition) is 0. The molecule has 0 radical (unpaired) electrons. The molecule has 0 N–H and O–H groups in total. The first kappa shape index (κ1) is 12.4. The van der Waals surface area contributed by atoms with E-state index in [0.717, 1.165) is 11.0 Å². The second-order valence-corrected chi connectivity index (χ2v) is 4.24. The molecule has 2 atom stereocenters. The number of nitrogens with zero attached hydrogens (tertiary/aromatic N) is 1. The molecule has 2 nitrogen and oxygen atoms in total. The highest BCUT2D eigenvalue weighted by atomic mass is 127. The summed E-state index contributed by atoms with van der Waals surface area (Å²) in [6, 6.07) is 0. The summed E-state index contributed by atoms with van der Waals surface area (Å²) in [6.07, 6.45) is 4.92. The lowest BCUT2D eigenvalue weighted by Crippen LogP contribution is -3.00. The predicted octanol–water partition coefficient (Wildman–Crippen LogP) is -1.96. The number of likely N-dealkylation sites (N-methyl/N-ethyl adjacent to an activating group) is 1. The van der Waals surface area contributed by atoms with Gasteiger partial charge < -0.3 is 33.2 Å². The second kappa shape index (κ2) is 4.58. The van der Waals surface area contributed by atoms with Crippen molar-refractivity contribution < 1.29 is 33.2 Å². The van der Waals surface area contributed by atoms with Crippen molar-refractivity contribution in [1.29, 1.82) is 0 Å². The smallest absolute Gasteiger partial charge is 0.125 e. The Labute approximate surface area is 92.2 Å². The van der Waals surface area contributed by atoms with Crippen LogP contribution < -0.4 is 24.0 Å². The minimum Gasteiger partial charge on any atom is -1.00 e. The quantitative estimate of drug-likeness (QED) is 0.325. The van der Waals surface area contributed by atoms with Gasteiger partial charge in [0.2, 0.25) is 0 Å². The van der Waals surface area contributed by atoms with Gasteiger partial charge >= 0.3 is 0 Å². The molecule has 0 saturated heterocycles. The van der Waals surface area contributed by atoms with Gasteiger partial charge in [-0.25, -0.2) is 0 Å². The zero-order chi connectivity index (χ0) is 8.48. The topological polar surface area (TPSA) is 9.23 Å². The molecule has 1 rings (SSSR count). The van der Waals surface area contributed by atoms with E-state index in [1.165, 1.54) is 0 Å². The van der Waals surface area contributed by atoms with Crippen molar-refractivity contribution >= 4 is 0 Å². The van der Waals surface area contributed by atoms with E-state index in [9.17, 15) is 0 Å². The van der Waals surface area contributed by atoms with E-state index in [0.29, 0.717) is 12.2 Å². The Bertz CT molecular complexity index is 162. The first-order valence-electron chi connectivity index (χ1n) is 4.11. The maximum Gasteiger partial charge on any atom is 0.125 e. The van der Waals surface area contributed by atoms with Crippen LogP contribution in [0.4, 0.5) is 0 Å². The second-order valence-electron chi connectivity index (χ2n) is 4.24. The highest BCUT2D eigenvalue weighted by Gasteiger charge is 2.21. The van der Waals surface area contributed by atoms with Crippen molar-refractivity contribution in [3.8, 4) is 0 Å². The Morgan fingerprint density at radius 3 is 2.17 bits per heavy atom. The van der Waals surface area contributed by atoms with E-state index >= 15 is 0 Å². The molecule has 0 aliphatic carbocycles. The van der Waals surface area contributed by atoms with Crippen LogP contribution in [0.3, 0.4) is 0 Å². The molecule has 72 valence electrons. The molecule has 0 aromatic rings. The van der Waals surface area contributed by atoms with Crippen LogP contribution in [0.15, 0.2) is 12.2 Å². The number of rotatable bonds is 2. The third-order valence-electron chi connectivity index (χ3n) is 1.71. The van der Waals surface area contributed by atoms with Gasteiger partial charge in [0.25, 0.3) is 0 Å². The zero-order valence-corrected chi connectivity index (χ0v) is 10.4. The molecule has 0 saturated carbocycles. The zero-order valence-electron chi connectivity index (χ0n) is 8.25. The van der Waals surface area contributed by atoms with Crippen LogP contribution in [0.1, 0.15) is 6.92 Å². The molecular formula is C9H18INO.